The third-order valence-corrected chi connectivity index (χ3v) is 22.1. The Morgan fingerprint density at radius 3 is 2.16 bits per heavy atom. The zero-order valence-corrected chi connectivity index (χ0v) is 50.3. The van der Waals surface area contributed by atoms with Crippen LogP contribution in [-0.2, 0) is 58.7 Å². The average molecular weight is 1180 g/mol. The van der Waals surface area contributed by atoms with Gasteiger partial charge < -0.3 is 56.0 Å². The van der Waals surface area contributed by atoms with E-state index in [1.54, 1.807) is 31.3 Å². The summed E-state index contributed by atoms with van der Waals surface area (Å²) in [4.78, 5) is 39.1. The molecule has 0 radical (unpaired) electrons. The normalized spacial score (nSPS) is 21.8. The first-order chi connectivity index (χ1) is 38.8. The number of nitriles is 1. The molecule has 0 aliphatic carbocycles. The minimum atomic E-state index is -3.97. The number of imidazole rings is 1. The standard InChI is InChI=1S/C56H68N8O13P2SSi/c1-55(2,3)81(8,9)77-50-47(74-53(51(50)75-78(66)67)64-31-26-48(65)62-32-29-59-54(62)64)36-72-79(80,71-33-13-27-57)76-45-34-49(63-30-25-43-44(60-37-61(4)5)24-28-58-52(43)63)73-46(45)35-70-56(38-14-11-10-12-15-38,39-16-20-41(68-6)21-17-39)40-18-22-42(69-7)23-19-40/h10-12,14-26,28-32,37,45-47,49-51,53,78H,13,33-36H2,1-9H3,(H,66,67)/b60-37-/t45-,46+,47+,49+,50+,51+,53+,79?/m0/s1. The number of benzene rings is 3. The molecular formula is C56H68N8O13P2SSi. The van der Waals surface area contributed by atoms with Gasteiger partial charge in [-0.05, 0) is 83.0 Å². The van der Waals surface area contributed by atoms with E-state index in [1.807, 2.05) is 134 Å². The molecule has 9 atom stereocenters. The van der Waals surface area contributed by atoms with Crippen LogP contribution in [-0.4, -0.2) is 127 Å². The molecule has 3 aromatic carbocycles. The number of hydrogen-bond donors (Lipinski definition) is 1. The van der Waals surface area contributed by atoms with E-state index in [0.29, 0.717) is 22.8 Å². The van der Waals surface area contributed by atoms with E-state index in [9.17, 15) is 19.5 Å². The van der Waals surface area contributed by atoms with Gasteiger partial charge in [0.05, 0.1) is 64.7 Å². The van der Waals surface area contributed by atoms with Crippen molar-refractivity contribution in [2.45, 2.75) is 100 Å². The van der Waals surface area contributed by atoms with Crippen LogP contribution in [0.1, 0.15) is 62.8 Å². The highest BCUT2D eigenvalue weighted by Gasteiger charge is 2.53. The van der Waals surface area contributed by atoms with Gasteiger partial charge in [0.15, 0.2) is 14.5 Å². The van der Waals surface area contributed by atoms with E-state index < -0.39 is 71.9 Å². The zero-order chi connectivity index (χ0) is 57.7. The van der Waals surface area contributed by atoms with Crippen molar-refractivity contribution in [3.63, 3.8) is 0 Å². The molecular weight excluding hydrogens is 1110 g/mol. The highest BCUT2D eigenvalue weighted by atomic mass is 32.5. The number of fused-ring (bicyclic) bond motifs is 2. The van der Waals surface area contributed by atoms with Gasteiger partial charge in [-0.1, -0.05) is 75.4 Å². The van der Waals surface area contributed by atoms with Crippen LogP contribution in [0.4, 0.5) is 5.69 Å². The number of aromatic nitrogens is 5. The summed E-state index contributed by atoms with van der Waals surface area (Å²) in [7, 11) is 0.641. The van der Waals surface area contributed by atoms with Crippen molar-refractivity contribution in [2.75, 3.05) is 48.1 Å². The largest absolute Gasteiger partial charge is 0.497 e. The summed E-state index contributed by atoms with van der Waals surface area (Å²) >= 11 is 6.37. The molecule has 0 spiro atoms. The molecule has 1 N–H and O–H groups in total. The summed E-state index contributed by atoms with van der Waals surface area (Å²) in [6, 6.07) is 32.5. The lowest BCUT2D eigenvalue weighted by atomic mass is 9.80. The Balaban J connectivity index is 1.11. The molecule has 0 bridgehead atoms. The Morgan fingerprint density at radius 1 is 0.864 bits per heavy atom. The van der Waals surface area contributed by atoms with Gasteiger partial charge in [-0.25, -0.2) is 15.0 Å². The maximum absolute atomic E-state index is 12.9. The van der Waals surface area contributed by atoms with Gasteiger partial charge in [0.2, 0.25) is 5.78 Å². The van der Waals surface area contributed by atoms with E-state index in [4.69, 9.17) is 68.0 Å². The Hall–Kier alpha value is -5.93. The first-order valence-electron chi connectivity index (χ1n) is 26.3. The number of hydrogen-bond acceptors (Lipinski definition) is 17. The molecule has 7 aromatic rings. The van der Waals surface area contributed by atoms with Crippen LogP contribution in [0.15, 0.2) is 138 Å². The summed E-state index contributed by atoms with van der Waals surface area (Å²) in [6.45, 7) is 5.74. The van der Waals surface area contributed by atoms with Crippen molar-refractivity contribution < 1.29 is 55.7 Å². The van der Waals surface area contributed by atoms with Gasteiger partial charge in [-0.15, -0.1) is 0 Å². The summed E-state index contributed by atoms with van der Waals surface area (Å²) < 4.78 is 83.3. The maximum Gasteiger partial charge on any atom is 0.327 e. The molecule has 0 amide bonds. The van der Waals surface area contributed by atoms with Gasteiger partial charge in [0, 0.05) is 63.0 Å². The highest BCUT2D eigenvalue weighted by Crippen LogP contribution is 2.56. The lowest BCUT2D eigenvalue weighted by Gasteiger charge is -2.40. The average Bonchev–Trinajstić information content (AvgIpc) is 4.38. The van der Waals surface area contributed by atoms with Crippen LogP contribution >= 0.6 is 15.0 Å². The Bertz CT molecular complexity index is 3430. The van der Waals surface area contributed by atoms with Crippen molar-refractivity contribution in [3.05, 3.63) is 155 Å². The number of methoxy groups -OCH3 is 2. The van der Waals surface area contributed by atoms with Crippen LogP contribution in [0, 0.1) is 11.3 Å². The van der Waals surface area contributed by atoms with Crippen molar-refractivity contribution in [1.29, 1.82) is 5.26 Å². The number of pyridine rings is 1. The molecule has 21 nitrogen and oxygen atoms in total. The number of rotatable bonds is 24. The molecule has 0 saturated carbocycles. The first kappa shape index (κ1) is 59.7. The van der Waals surface area contributed by atoms with Gasteiger partial charge in [0.25, 0.3) is 5.56 Å². The van der Waals surface area contributed by atoms with Crippen LogP contribution in [0.25, 0.3) is 16.8 Å². The molecule has 2 saturated heterocycles. The quantitative estimate of drug-likeness (QED) is 0.0148. The van der Waals surface area contributed by atoms with Gasteiger partial charge in [-0.2, -0.15) is 5.26 Å². The molecule has 430 valence electrons. The van der Waals surface area contributed by atoms with Crippen molar-refractivity contribution >= 4 is 63.9 Å². The second-order valence-corrected chi connectivity index (χ2v) is 29.7. The molecule has 2 fully saturated rings. The smallest absolute Gasteiger partial charge is 0.327 e. The lowest BCUT2D eigenvalue weighted by Crippen LogP contribution is -2.50. The van der Waals surface area contributed by atoms with E-state index >= 15 is 0 Å². The monoisotopic (exact) mass is 1180 g/mol. The number of nitrogens with zero attached hydrogens (tertiary/aromatic N) is 8. The molecule has 2 aliphatic rings. The van der Waals surface area contributed by atoms with Gasteiger partial charge in [0.1, 0.15) is 53.4 Å². The van der Waals surface area contributed by atoms with Crippen molar-refractivity contribution in [3.8, 4) is 17.6 Å². The fraction of sp³-hybridized carbons (Fsp3) is 0.411. The number of ether oxygens (including phenoxy) is 5. The van der Waals surface area contributed by atoms with Crippen molar-refractivity contribution in [2.24, 2.45) is 4.99 Å². The van der Waals surface area contributed by atoms with Gasteiger partial charge in [-0.3, -0.25) is 22.9 Å². The minimum Gasteiger partial charge on any atom is -0.497 e. The third kappa shape index (κ3) is 13.0. The molecule has 2 aliphatic heterocycles. The fourth-order valence-electron chi connectivity index (χ4n) is 9.73. The third-order valence-electron chi connectivity index (χ3n) is 14.8. The summed E-state index contributed by atoms with van der Waals surface area (Å²) in [5.74, 6) is 1.51. The Kier molecular flexibility index (Phi) is 18.6. The van der Waals surface area contributed by atoms with Gasteiger partial charge >= 0.3 is 15.0 Å². The predicted octanol–water partition coefficient (Wildman–Crippen LogP) is 9.69. The molecule has 81 heavy (non-hydrogen) atoms. The Morgan fingerprint density at radius 2 is 1.53 bits per heavy atom. The van der Waals surface area contributed by atoms with Crippen molar-refractivity contribution in [1.82, 2.24) is 28.4 Å². The van der Waals surface area contributed by atoms with Crippen LogP contribution < -0.4 is 15.0 Å². The highest BCUT2D eigenvalue weighted by molar-refractivity contribution is 8.07. The topological polar surface area (TPSA) is 226 Å². The second-order valence-electron chi connectivity index (χ2n) is 21.2. The molecule has 9 rings (SSSR count). The maximum atomic E-state index is 12.9. The predicted molar refractivity (Wildman–Crippen MR) is 311 cm³/mol. The molecule has 6 heterocycles. The summed E-state index contributed by atoms with van der Waals surface area (Å²) in [5.41, 5.74) is 2.12. The van der Waals surface area contributed by atoms with E-state index in [-0.39, 0.29) is 49.0 Å². The number of aliphatic imine (C=N–C) groups is 1. The SMILES string of the molecule is COc1ccc(C(OC[C@H]2O[C@@H](n3ccc4c(/N=C\N(C)C)ccnc43)C[C@@H]2OP(=S)(OCCC#N)OC[C@H]2O[C@@H](n3ccc(=O)n4ccnc34)[C@H](O[PH](=O)O)[C@@H]2O[Si](C)(C)C(C)(C)C)(c2ccccc2)c2ccc(OC)cc2)cc1. The van der Waals surface area contributed by atoms with Crippen LogP contribution in [0.2, 0.25) is 18.1 Å². The minimum absolute atomic E-state index is 0.0447. The van der Waals surface area contributed by atoms with E-state index in [2.05, 4.69) is 31.8 Å². The zero-order valence-electron chi connectivity index (χ0n) is 46.6. The van der Waals surface area contributed by atoms with Crippen LogP contribution in [0.5, 0.6) is 11.5 Å². The van der Waals surface area contributed by atoms with E-state index in [1.165, 1.54) is 29.1 Å². The molecule has 4 aromatic heterocycles. The summed E-state index contributed by atoms with van der Waals surface area (Å²) in [5, 5.41) is 10.2. The van der Waals surface area contributed by atoms with E-state index in [0.717, 1.165) is 22.1 Å². The molecule has 25 heteroatoms. The molecule has 2 unspecified atom stereocenters. The fourth-order valence-corrected chi connectivity index (χ4v) is 13.7. The first-order valence-corrected chi connectivity index (χ1v) is 33.0. The Labute approximate surface area is 477 Å². The summed E-state index contributed by atoms with van der Waals surface area (Å²) in [6.07, 6.45) is 3.04. The van der Waals surface area contributed by atoms with Crippen LogP contribution in [0.3, 0.4) is 0 Å². The second kappa shape index (κ2) is 25.3. The lowest BCUT2D eigenvalue weighted by molar-refractivity contribution is -0.0927.